The molecule has 1 aliphatic heterocycles. The molecule has 4 nitrogen and oxygen atoms in total. The van der Waals surface area contributed by atoms with Crippen molar-refractivity contribution in [2.24, 2.45) is 0 Å². The van der Waals surface area contributed by atoms with Crippen LogP contribution < -0.4 is 14.8 Å². The average Bonchev–Trinajstić information content (AvgIpc) is 2.44. The Morgan fingerprint density at radius 1 is 1.28 bits per heavy atom. The maximum Gasteiger partial charge on any atom is 0.161 e. The summed E-state index contributed by atoms with van der Waals surface area (Å²) in [5.74, 6) is 1.62. The van der Waals surface area contributed by atoms with Gasteiger partial charge in [0.25, 0.3) is 0 Å². The zero-order chi connectivity index (χ0) is 13.0. The molecule has 100 valence electrons. The van der Waals surface area contributed by atoms with Gasteiger partial charge < -0.3 is 19.9 Å². The van der Waals surface area contributed by atoms with Crippen molar-refractivity contribution >= 4 is 0 Å². The number of rotatable bonds is 5. The first-order valence-corrected chi connectivity index (χ1v) is 6.51. The van der Waals surface area contributed by atoms with E-state index in [0.29, 0.717) is 13.2 Å². The molecule has 0 amide bonds. The topological polar surface area (TPSA) is 50.7 Å². The van der Waals surface area contributed by atoms with Crippen LogP contribution in [0.3, 0.4) is 0 Å². The SMILES string of the molecule is CC[C@H](CO)NC(C)c1ccc2c(c1)OCCO2. The molecule has 2 N–H and O–H groups in total. The number of hydrogen-bond acceptors (Lipinski definition) is 4. The maximum absolute atomic E-state index is 9.21. The molecule has 18 heavy (non-hydrogen) atoms. The predicted molar refractivity (Wildman–Crippen MR) is 70.1 cm³/mol. The Morgan fingerprint density at radius 2 is 2.00 bits per heavy atom. The largest absolute Gasteiger partial charge is 0.486 e. The molecule has 0 bridgehead atoms. The van der Waals surface area contributed by atoms with E-state index < -0.39 is 0 Å². The van der Waals surface area contributed by atoms with Crippen molar-refractivity contribution in [3.8, 4) is 11.5 Å². The lowest BCUT2D eigenvalue weighted by molar-refractivity contribution is 0.171. The van der Waals surface area contributed by atoms with Crippen LogP contribution in [0.4, 0.5) is 0 Å². The predicted octanol–water partition coefficient (Wildman–Crippen LogP) is 1.88. The summed E-state index contributed by atoms with van der Waals surface area (Å²) in [4.78, 5) is 0. The van der Waals surface area contributed by atoms with Gasteiger partial charge in [-0.15, -0.1) is 0 Å². The summed E-state index contributed by atoms with van der Waals surface area (Å²) in [6.07, 6.45) is 0.908. The van der Waals surface area contributed by atoms with E-state index in [2.05, 4.69) is 19.2 Å². The molecule has 1 unspecified atom stereocenters. The zero-order valence-electron chi connectivity index (χ0n) is 11.0. The second kappa shape index (κ2) is 6.07. The Morgan fingerprint density at radius 3 is 2.67 bits per heavy atom. The van der Waals surface area contributed by atoms with Crippen LogP contribution in [0.25, 0.3) is 0 Å². The molecule has 1 aliphatic rings. The molecule has 0 radical (unpaired) electrons. The van der Waals surface area contributed by atoms with Crippen molar-refractivity contribution in [1.29, 1.82) is 0 Å². The fourth-order valence-corrected chi connectivity index (χ4v) is 2.08. The highest BCUT2D eigenvalue weighted by Crippen LogP contribution is 2.32. The molecule has 1 heterocycles. The van der Waals surface area contributed by atoms with Gasteiger partial charge in [0, 0.05) is 12.1 Å². The molecule has 4 heteroatoms. The van der Waals surface area contributed by atoms with Crippen LogP contribution in [0.1, 0.15) is 31.9 Å². The Kier molecular flexibility index (Phi) is 4.44. The lowest BCUT2D eigenvalue weighted by Gasteiger charge is -2.23. The second-order valence-electron chi connectivity index (χ2n) is 4.58. The van der Waals surface area contributed by atoms with Gasteiger partial charge in [-0.25, -0.2) is 0 Å². The van der Waals surface area contributed by atoms with Crippen LogP contribution in [-0.2, 0) is 0 Å². The second-order valence-corrected chi connectivity index (χ2v) is 4.58. The van der Waals surface area contributed by atoms with Gasteiger partial charge in [0.15, 0.2) is 11.5 Å². The average molecular weight is 251 g/mol. The van der Waals surface area contributed by atoms with Crippen LogP contribution in [0.15, 0.2) is 18.2 Å². The molecule has 0 fully saturated rings. The number of ether oxygens (including phenoxy) is 2. The van der Waals surface area contributed by atoms with Crippen LogP contribution in [0.5, 0.6) is 11.5 Å². The maximum atomic E-state index is 9.21. The first-order chi connectivity index (χ1) is 8.74. The Hall–Kier alpha value is -1.26. The lowest BCUT2D eigenvalue weighted by atomic mass is 10.1. The molecule has 0 aromatic heterocycles. The van der Waals surface area contributed by atoms with Crippen molar-refractivity contribution in [2.75, 3.05) is 19.8 Å². The monoisotopic (exact) mass is 251 g/mol. The van der Waals surface area contributed by atoms with Crippen molar-refractivity contribution in [3.05, 3.63) is 23.8 Å². The highest BCUT2D eigenvalue weighted by atomic mass is 16.6. The Balaban J connectivity index is 2.08. The number of aliphatic hydroxyl groups is 1. The first kappa shape index (κ1) is 13.2. The molecule has 0 spiro atoms. The van der Waals surface area contributed by atoms with E-state index in [4.69, 9.17) is 9.47 Å². The van der Waals surface area contributed by atoms with E-state index in [-0.39, 0.29) is 18.7 Å². The molecular formula is C14H21NO3. The smallest absolute Gasteiger partial charge is 0.161 e. The number of aliphatic hydroxyl groups excluding tert-OH is 1. The molecule has 0 saturated heterocycles. The van der Waals surface area contributed by atoms with Crippen LogP contribution >= 0.6 is 0 Å². The van der Waals surface area contributed by atoms with E-state index in [1.807, 2.05) is 18.2 Å². The van der Waals surface area contributed by atoms with Gasteiger partial charge in [-0.3, -0.25) is 0 Å². The molecule has 0 aliphatic carbocycles. The minimum atomic E-state index is 0.133. The summed E-state index contributed by atoms with van der Waals surface area (Å²) in [6.45, 7) is 5.52. The first-order valence-electron chi connectivity index (χ1n) is 6.51. The summed E-state index contributed by atoms with van der Waals surface area (Å²) in [7, 11) is 0. The molecule has 2 rings (SSSR count). The standard InChI is InChI=1S/C14H21NO3/c1-3-12(9-16)15-10(2)11-4-5-13-14(8-11)18-7-6-17-13/h4-5,8,10,12,15-16H,3,6-7,9H2,1-2H3/t10?,12-/m1/s1. The summed E-state index contributed by atoms with van der Waals surface area (Å²) in [5, 5.41) is 12.6. The van der Waals surface area contributed by atoms with E-state index in [0.717, 1.165) is 23.5 Å². The third-order valence-electron chi connectivity index (χ3n) is 3.27. The van der Waals surface area contributed by atoms with Gasteiger partial charge in [0.2, 0.25) is 0 Å². The normalized spacial score (nSPS) is 17.3. The molecule has 0 saturated carbocycles. The summed E-state index contributed by atoms with van der Waals surface area (Å²) in [6, 6.07) is 6.30. The van der Waals surface area contributed by atoms with Crippen molar-refractivity contribution in [2.45, 2.75) is 32.4 Å². The van der Waals surface area contributed by atoms with Gasteiger partial charge in [-0.05, 0) is 31.0 Å². The van der Waals surface area contributed by atoms with Gasteiger partial charge in [-0.1, -0.05) is 13.0 Å². The quantitative estimate of drug-likeness (QED) is 0.839. The van der Waals surface area contributed by atoms with Gasteiger partial charge in [0.1, 0.15) is 13.2 Å². The number of fused-ring (bicyclic) bond motifs is 1. The lowest BCUT2D eigenvalue weighted by Crippen LogP contribution is -2.33. The Bertz CT molecular complexity index is 391. The molecule has 2 atom stereocenters. The highest BCUT2D eigenvalue weighted by Gasteiger charge is 2.16. The van der Waals surface area contributed by atoms with Crippen LogP contribution in [0, 0.1) is 0 Å². The minimum Gasteiger partial charge on any atom is -0.486 e. The number of hydrogen-bond donors (Lipinski definition) is 2. The van der Waals surface area contributed by atoms with E-state index >= 15 is 0 Å². The minimum absolute atomic E-state index is 0.133. The third-order valence-corrected chi connectivity index (χ3v) is 3.27. The van der Waals surface area contributed by atoms with E-state index in [1.54, 1.807) is 0 Å². The molecular weight excluding hydrogens is 230 g/mol. The summed E-state index contributed by atoms with van der Waals surface area (Å²) < 4.78 is 11.1. The van der Waals surface area contributed by atoms with Crippen LogP contribution in [-0.4, -0.2) is 31.0 Å². The van der Waals surface area contributed by atoms with Crippen LogP contribution in [0.2, 0.25) is 0 Å². The van der Waals surface area contributed by atoms with Crippen molar-refractivity contribution in [1.82, 2.24) is 5.32 Å². The van der Waals surface area contributed by atoms with Crippen molar-refractivity contribution in [3.63, 3.8) is 0 Å². The van der Waals surface area contributed by atoms with Gasteiger partial charge >= 0.3 is 0 Å². The summed E-state index contributed by atoms with van der Waals surface area (Å²) >= 11 is 0. The van der Waals surface area contributed by atoms with Crippen molar-refractivity contribution < 1.29 is 14.6 Å². The highest BCUT2D eigenvalue weighted by molar-refractivity contribution is 5.44. The Labute approximate surface area is 108 Å². The fourth-order valence-electron chi connectivity index (χ4n) is 2.08. The van der Waals surface area contributed by atoms with Gasteiger partial charge in [0.05, 0.1) is 6.61 Å². The van der Waals surface area contributed by atoms with E-state index in [1.165, 1.54) is 0 Å². The summed E-state index contributed by atoms with van der Waals surface area (Å²) in [5.41, 5.74) is 1.14. The number of benzene rings is 1. The zero-order valence-corrected chi connectivity index (χ0v) is 11.0. The number of nitrogens with one attached hydrogen (secondary N) is 1. The third kappa shape index (κ3) is 2.94. The van der Waals surface area contributed by atoms with E-state index in [9.17, 15) is 5.11 Å². The molecule has 1 aromatic rings. The molecule has 1 aromatic carbocycles. The van der Waals surface area contributed by atoms with Gasteiger partial charge in [-0.2, -0.15) is 0 Å². The fraction of sp³-hybridized carbons (Fsp3) is 0.571.